The average molecular weight is 355 g/mol. The first-order chi connectivity index (χ1) is 10.9. The Bertz CT molecular complexity index is 824. The molecule has 0 fully saturated rings. The van der Waals surface area contributed by atoms with Crippen LogP contribution in [0.2, 0.25) is 5.02 Å². The Morgan fingerprint density at radius 3 is 2.52 bits per heavy atom. The number of carbonyl (C=O) groups is 1. The first-order valence-corrected chi connectivity index (χ1v) is 8.36. The van der Waals surface area contributed by atoms with Crippen molar-refractivity contribution < 1.29 is 18.0 Å². The summed E-state index contributed by atoms with van der Waals surface area (Å²) in [6, 6.07) is 12.2. The maximum absolute atomic E-state index is 12.7. The minimum atomic E-state index is -3.83. The van der Waals surface area contributed by atoms with Crippen LogP contribution in [0.5, 0.6) is 0 Å². The molecule has 1 amide bonds. The summed E-state index contributed by atoms with van der Waals surface area (Å²) >= 11 is 5.90. The highest BCUT2D eigenvalue weighted by Gasteiger charge is 2.22. The van der Waals surface area contributed by atoms with Gasteiger partial charge >= 0.3 is 0 Å². The van der Waals surface area contributed by atoms with Crippen molar-refractivity contribution in [3.63, 3.8) is 0 Å². The van der Waals surface area contributed by atoms with Crippen molar-refractivity contribution in [1.29, 1.82) is 0 Å². The lowest BCUT2D eigenvalue weighted by molar-refractivity contribution is 0.0537. The van der Waals surface area contributed by atoms with E-state index in [1.807, 2.05) is 0 Å². The molecule has 0 unspecified atom stereocenters. The fourth-order valence-corrected chi connectivity index (χ4v) is 3.34. The quantitative estimate of drug-likeness (QED) is 0.837. The third-order valence-electron chi connectivity index (χ3n) is 3.12. The van der Waals surface area contributed by atoms with Gasteiger partial charge in [-0.3, -0.25) is 13.9 Å². The number of amides is 1. The number of hydrogen-bond donors (Lipinski definition) is 1. The summed E-state index contributed by atoms with van der Waals surface area (Å²) in [5.41, 5.74) is 2.74. The minimum absolute atomic E-state index is 0.0104. The number of hydroxylamine groups is 1. The second-order valence-electron chi connectivity index (χ2n) is 4.62. The van der Waals surface area contributed by atoms with Crippen molar-refractivity contribution in [3.8, 4) is 0 Å². The van der Waals surface area contributed by atoms with E-state index in [0.717, 1.165) is 4.31 Å². The predicted molar refractivity (Wildman–Crippen MR) is 88.0 cm³/mol. The molecule has 6 nitrogen and oxygen atoms in total. The number of hydrogen-bond acceptors (Lipinski definition) is 4. The lowest BCUT2D eigenvalue weighted by Crippen LogP contribution is -2.27. The second-order valence-corrected chi connectivity index (χ2v) is 7.02. The molecule has 122 valence electrons. The molecule has 0 atom stereocenters. The summed E-state index contributed by atoms with van der Waals surface area (Å²) in [4.78, 5) is 16.3. The first kappa shape index (κ1) is 17.3. The molecule has 1 N–H and O–H groups in total. The van der Waals surface area contributed by atoms with Crippen LogP contribution in [-0.4, -0.2) is 28.5 Å². The fraction of sp³-hybridized carbons (Fsp3) is 0.133. The monoisotopic (exact) mass is 354 g/mol. The van der Waals surface area contributed by atoms with Crippen molar-refractivity contribution in [2.45, 2.75) is 4.90 Å². The smallest absolute Gasteiger partial charge is 0.274 e. The van der Waals surface area contributed by atoms with Gasteiger partial charge in [0.2, 0.25) is 0 Å². The van der Waals surface area contributed by atoms with E-state index in [0.29, 0.717) is 10.7 Å². The number of rotatable bonds is 5. The van der Waals surface area contributed by atoms with Crippen molar-refractivity contribution in [1.82, 2.24) is 5.48 Å². The van der Waals surface area contributed by atoms with Crippen molar-refractivity contribution in [3.05, 3.63) is 59.1 Å². The molecule has 0 aromatic heterocycles. The number of sulfonamides is 1. The molecular formula is C15H15ClN2O4S. The van der Waals surface area contributed by atoms with Crippen LogP contribution in [0.15, 0.2) is 53.4 Å². The van der Waals surface area contributed by atoms with Gasteiger partial charge in [-0.1, -0.05) is 23.7 Å². The molecule has 0 aliphatic heterocycles. The zero-order valence-corrected chi connectivity index (χ0v) is 14.1. The third-order valence-corrected chi connectivity index (χ3v) is 5.14. The summed E-state index contributed by atoms with van der Waals surface area (Å²) in [5, 5.41) is 0.428. The van der Waals surface area contributed by atoms with Gasteiger partial charge in [0.15, 0.2) is 0 Å². The number of carbonyl (C=O) groups excluding carboxylic acids is 1. The van der Waals surface area contributed by atoms with Crippen LogP contribution in [0.4, 0.5) is 5.69 Å². The molecule has 2 rings (SSSR count). The fourth-order valence-electron chi connectivity index (χ4n) is 1.92. The van der Waals surface area contributed by atoms with Crippen molar-refractivity contribution >= 4 is 33.2 Å². The molecule has 2 aromatic carbocycles. The van der Waals surface area contributed by atoms with Gasteiger partial charge in [0, 0.05) is 17.6 Å². The molecule has 0 spiro atoms. The molecule has 0 aliphatic carbocycles. The maximum Gasteiger partial charge on any atom is 0.274 e. The van der Waals surface area contributed by atoms with Crippen LogP contribution in [0.25, 0.3) is 0 Å². The lowest BCUT2D eigenvalue weighted by Gasteiger charge is -2.20. The largest absolute Gasteiger partial charge is 0.277 e. The van der Waals surface area contributed by atoms with Gasteiger partial charge in [0.25, 0.3) is 15.9 Å². The number of halogens is 1. The topological polar surface area (TPSA) is 75.7 Å². The Kier molecular flexibility index (Phi) is 5.25. The van der Waals surface area contributed by atoms with Crippen molar-refractivity contribution in [2.24, 2.45) is 0 Å². The molecular weight excluding hydrogens is 340 g/mol. The van der Waals surface area contributed by atoms with Gasteiger partial charge in [-0.25, -0.2) is 13.9 Å². The maximum atomic E-state index is 12.7. The minimum Gasteiger partial charge on any atom is -0.277 e. The molecule has 0 saturated heterocycles. The summed E-state index contributed by atoms with van der Waals surface area (Å²) < 4.78 is 26.5. The first-order valence-electron chi connectivity index (χ1n) is 6.54. The van der Waals surface area contributed by atoms with Gasteiger partial charge in [0.05, 0.1) is 17.7 Å². The summed E-state index contributed by atoms with van der Waals surface area (Å²) in [5.74, 6) is -0.532. The Morgan fingerprint density at radius 1 is 1.17 bits per heavy atom. The third kappa shape index (κ3) is 3.82. The van der Waals surface area contributed by atoms with E-state index in [9.17, 15) is 13.2 Å². The molecule has 0 heterocycles. The standard InChI is InChI=1S/C15H15ClN2O4S/c1-18(13-7-4-6-12(16)10-13)23(20,21)14-8-3-5-11(9-14)15(19)17-22-2/h3-10H,1-2H3,(H,17,19). The van der Waals surface area contributed by atoms with E-state index < -0.39 is 15.9 Å². The predicted octanol–water partition coefficient (Wildman–Crippen LogP) is 2.46. The van der Waals surface area contributed by atoms with Crippen LogP contribution in [0, 0.1) is 0 Å². The number of anilines is 1. The van der Waals surface area contributed by atoms with E-state index in [1.165, 1.54) is 38.4 Å². The number of benzene rings is 2. The number of nitrogens with one attached hydrogen (secondary N) is 1. The Hall–Kier alpha value is -2.09. The van der Waals surface area contributed by atoms with Gasteiger partial charge in [-0.05, 0) is 36.4 Å². The molecule has 0 radical (unpaired) electrons. The normalized spacial score (nSPS) is 11.1. The molecule has 23 heavy (non-hydrogen) atoms. The van der Waals surface area contributed by atoms with Crippen molar-refractivity contribution in [2.75, 3.05) is 18.5 Å². The Labute approximate surface area is 139 Å². The van der Waals surface area contributed by atoms with Gasteiger partial charge < -0.3 is 0 Å². The van der Waals surface area contributed by atoms with E-state index in [-0.39, 0.29) is 10.5 Å². The molecule has 8 heteroatoms. The summed E-state index contributed by atoms with van der Waals surface area (Å²) in [6.07, 6.45) is 0. The van der Waals surface area contributed by atoms with E-state index in [2.05, 4.69) is 10.3 Å². The summed E-state index contributed by atoms with van der Waals surface area (Å²) in [6.45, 7) is 0. The highest BCUT2D eigenvalue weighted by atomic mass is 35.5. The SMILES string of the molecule is CONC(=O)c1cccc(S(=O)(=O)N(C)c2cccc(Cl)c2)c1. The zero-order chi connectivity index (χ0) is 17.0. The average Bonchev–Trinajstić information content (AvgIpc) is 2.54. The van der Waals surface area contributed by atoms with Crippen LogP contribution in [0.3, 0.4) is 0 Å². The van der Waals surface area contributed by atoms with Crippen LogP contribution < -0.4 is 9.79 Å². The Balaban J connectivity index is 2.39. The summed E-state index contributed by atoms with van der Waals surface area (Å²) in [7, 11) is -1.11. The van der Waals surface area contributed by atoms with Crippen LogP contribution >= 0.6 is 11.6 Å². The van der Waals surface area contributed by atoms with E-state index >= 15 is 0 Å². The zero-order valence-electron chi connectivity index (χ0n) is 12.5. The van der Waals surface area contributed by atoms with E-state index in [1.54, 1.807) is 24.3 Å². The van der Waals surface area contributed by atoms with Gasteiger partial charge in [-0.2, -0.15) is 0 Å². The molecule has 0 aliphatic rings. The highest BCUT2D eigenvalue weighted by Crippen LogP contribution is 2.25. The molecule has 0 saturated carbocycles. The Morgan fingerprint density at radius 2 is 1.87 bits per heavy atom. The van der Waals surface area contributed by atoms with Gasteiger partial charge in [0.1, 0.15) is 0 Å². The van der Waals surface area contributed by atoms with Crippen LogP contribution in [0.1, 0.15) is 10.4 Å². The second kappa shape index (κ2) is 6.99. The molecule has 0 bridgehead atoms. The van der Waals surface area contributed by atoms with E-state index in [4.69, 9.17) is 11.6 Å². The molecule has 2 aromatic rings. The van der Waals surface area contributed by atoms with Gasteiger partial charge in [-0.15, -0.1) is 0 Å². The number of nitrogens with zero attached hydrogens (tertiary/aromatic N) is 1. The van der Waals surface area contributed by atoms with Crippen LogP contribution in [-0.2, 0) is 14.9 Å². The lowest BCUT2D eigenvalue weighted by atomic mass is 10.2. The highest BCUT2D eigenvalue weighted by molar-refractivity contribution is 7.92.